The molecule has 1 aromatic rings. The summed E-state index contributed by atoms with van der Waals surface area (Å²) in [4.78, 5) is 12.2. The van der Waals surface area contributed by atoms with Crippen LogP contribution >= 0.6 is 0 Å². The van der Waals surface area contributed by atoms with Crippen LogP contribution in [0.15, 0.2) is 18.2 Å². The van der Waals surface area contributed by atoms with Crippen LogP contribution in [-0.4, -0.2) is 12.3 Å². The Morgan fingerprint density at radius 2 is 2.05 bits per heavy atom. The average molecular weight is 299 g/mol. The third kappa shape index (κ3) is 2.71. The molecule has 6 heteroatoms. The Morgan fingerprint density at radius 3 is 2.67 bits per heavy atom. The SMILES string of the molecule is CC1CCCC1C1C(=O)Nc2ccc(OC(F)(F)F)cc21. The van der Waals surface area contributed by atoms with E-state index in [1.807, 2.05) is 0 Å². The van der Waals surface area contributed by atoms with E-state index in [2.05, 4.69) is 17.0 Å². The number of amides is 1. The molecule has 1 aliphatic carbocycles. The fourth-order valence-electron chi connectivity index (χ4n) is 3.56. The van der Waals surface area contributed by atoms with Gasteiger partial charge in [0.2, 0.25) is 5.91 Å². The summed E-state index contributed by atoms with van der Waals surface area (Å²) in [6.07, 6.45) is -1.67. The van der Waals surface area contributed by atoms with Crippen LogP contribution in [0.1, 0.15) is 37.7 Å². The fourth-order valence-corrected chi connectivity index (χ4v) is 3.56. The largest absolute Gasteiger partial charge is 0.573 e. The van der Waals surface area contributed by atoms with Crippen molar-refractivity contribution in [3.63, 3.8) is 0 Å². The Balaban J connectivity index is 1.93. The Kier molecular flexibility index (Phi) is 3.34. The summed E-state index contributed by atoms with van der Waals surface area (Å²) in [6.45, 7) is 2.10. The van der Waals surface area contributed by atoms with E-state index in [0.717, 1.165) is 19.3 Å². The molecule has 0 aromatic heterocycles. The normalized spacial score (nSPS) is 28.4. The van der Waals surface area contributed by atoms with Gasteiger partial charge in [0, 0.05) is 5.69 Å². The number of fused-ring (bicyclic) bond motifs is 1. The van der Waals surface area contributed by atoms with E-state index in [4.69, 9.17) is 0 Å². The maximum absolute atomic E-state index is 12.3. The van der Waals surface area contributed by atoms with E-state index in [0.29, 0.717) is 17.2 Å². The summed E-state index contributed by atoms with van der Waals surface area (Å²) in [5, 5.41) is 2.76. The van der Waals surface area contributed by atoms with Crippen molar-refractivity contribution in [1.82, 2.24) is 0 Å². The molecule has 0 spiro atoms. The number of nitrogens with one attached hydrogen (secondary N) is 1. The molecular formula is C15H16F3NO2. The van der Waals surface area contributed by atoms with Crippen molar-refractivity contribution in [1.29, 1.82) is 0 Å². The Morgan fingerprint density at radius 1 is 1.29 bits per heavy atom. The molecule has 1 aliphatic heterocycles. The highest BCUT2D eigenvalue weighted by molar-refractivity contribution is 6.03. The first-order valence-corrected chi connectivity index (χ1v) is 7.06. The van der Waals surface area contributed by atoms with Crippen LogP contribution in [0.2, 0.25) is 0 Å². The van der Waals surface area contributed by atoms with E-state index >= 15 is 0 Å². The van der Waals surface area contributed by atoms with E-state index in [1.165, 1.54) is 18.2 Å². The first-order valence-electron chi connectivity index (χ1n) is 7.06. The van der Waals surface area contributed by atoms with Crippen LogP contribution in [0.4, 0.5) is 18.9 Å². The van der Waals surface area contributed by atoms with Crippen molar-refractivity contribution in [3.05, 3.63) is 23.8 Å². The smallest absolute Gasteiger partial charge is 0.406 e. The van der Waals surface area contributed by atoms with Gasteiger partial charge in [-0.25, -0.2) is 0 Å². The van der Waals surface area contributed by atoms with Crippen LogP contribution in [0, 0.1) is 11.8 Å². The highest BCUT2D eigenvalue weighted by atomic mass is 19.4. The molecule has 0 radical (unpaired) electrons. The molecule has 1 fully saturated rings. The van der Waals surface area contributed by atoms with Crippen molar-refractivity contribution < 1.29 is 22.7 Å². The van der Waals surface area contributed by atoms with Gasteiger partial charge in [-0.05, 0) is 42.0 Å². The van der Waals surface area contributed by atoms with E-state index < -0.39 is 6.36 Å². The van der Waals surface area contributed by atoms with Crippen LogP contribution in [-0.2, 0) is 4.79 Å². The zero-order chi connectivity index (χ0) is 15.2. The number of carbonyl (C=O) groups is 1. The Bertz CT molecular complexity index is 571. The van der Waals surface area contributed by atoms with Crippen molar-refractivity contribution in [2.24, 2.45) is 11.8 Å². The molecular weight excluding hydrogens is 283 g/mol. The molecule has 1 saturated carbocycles. The van der Waals surface area contributed by atoms with Gasteiger partial charge >= 0.3 is 6.36 Å². The van der Waals surface area contributed by atoms with Gasteiger partial charge in [0.25, 0.3) is 0 Å². The summed E-state index contributed by atoms with van der Waals surface area (Å²) in [5.74, 6) is -0.165. The van der Waals surface area contributed by atoms with Gasteiger partial charge < -0.3 is 10.1 Å². The van der Waals surface area contributed by atoms with Gasteiger partial charge in [-0.1, -0.05) is 19.8 Å². The Labute approximate surface area is 120 Å². The van der Waals surface area contributed by atoms with Crippen LogP contribution in [0.3, 0.4) is 0 Å². The first-order chi connectivity index (χ1) is 9.85. The minimum Gasteiger partial charge on any atom is -0.406 e. The number of anilines is 1. The molecule has 1 heterocycles. The zero-order valence-corrected chi connectivity index (χ0v) is 11.5. The van der Waals surface area contributed by atoms with Crippen molar-refractivity contribution in [3.8, 4) is 5.75 Å². The lowest BCUT2D eigenvalue weighted by molar-refractivity contribution is -0.274. The number of rotatable bonds is 2. The van der Waals surface area contributed by atoms with Crippen molar-refractivity contribution in [2.45, 2.75) is 38.5 Å². The van der Waals surface area contributed by atoms with E-state index in [-0.39, 0.29) is 23.5 Å². The average Bonchev–Trinajstić information content (AvgIpc) is 2.90. The lowest BCUT2D eigenvalue weighted by Gasteiger charge is -2.21. The maximum Gasteiger partial charge on any atom is 0.573 e. The topological polar surface area (TPSA) is 38.3 Å². The maximum atomic E-state index is 12.3. The number of ether oxygens (including phenoxy) is 1. The van der Waals surface area contributed by atoms with Gasteiger partial charge in [-0.2, -0.15) is 0 Å². The number of halogens is 3. The summed E-state index contributed by atoms with van der Waals surface area (Å²) in [7, 11) is 0. The molecule has 3 rings (SSSR count). The van der Waals surface area contributed by atoms with Gasteiger partial charge in [-0.15, -0.1) is 13.2 Å². The second-order valence-electron chi connectivity index (χ2n) is 5.84. The number of hydrogen-bond acceptors (Lipinski definition) is 2. The monoisotopic (exact) mass is 299 g/mol. The molecule has 0 saturated heterocycles. The predicted molar refractivity (Wildman–Crippen MR) is 71.0 cm³/mol. The van der Waals surface area contributed by atoms with E-state index in [9.17, 15) is 18.0 Å². The second kappa shape index (κ2) is 4.93. The number of carbonyl (C=O) groups excluding carboxylic acids is 1. The molecule has 114 valence electrons. The van der Waals surface area contributed by atoms with Gasteiger partial charge in [-0.3, -0.25) is 4.79 Å². The summed E-state index contributed by atoms with van der Waals surface area (Å²) >= 11 is 0. The minimum atomic E-state index is -4.72. The van der Waals surface area contributed by atoms with Crippen molar-refractivity contribution in [2.75, 3.05) is 5.32 Å². The van der Waals surface area contributed by atoms with Gasteiger partial charge in [0.15, 0.2) is 0 Å². The summed E-state index contributed by atoms with van der Waals surface area (Å²) in [6, 6.07) is 4.05. The highest BCUT2D eigenvalue weighted by Gasteiger charge is 2.41. The lowest BCUT2D eigenvalue weighted by atomic mass is 9.81. The molecule has 21 heavy (non-hydrogen) atoms. The fraction of sp³-hybridized carbons (Fsp3) is 0.533. The molecule has 1 aromatic carbocycles. The quantitative estimate of drug-likeness (QED) is 0.894. The van der Waals surface area contributed by atoms with Crippen LogP contribution in [0.5, 0.6) is 5.75 Å². The number of alkyl halides is 3. The molecule has 3 nitrogen and oxygen atoms in total. The summed E-state index contributed by atoms with van der Waals surface area (Å²) < 4.78 is 40.9. The van der Waals surface area contributed by atoms with Gasteiger partial charge in [0.1, 0.15) is 5.75 Å². The summed E-state index contributed by atoms with van der Waals surface area (Å²) in [5.41, 5.74) is 1.22. The standard InChI is InChI=1S/C15H16F3NO2/c1-8-3-2-4-10(8)13-11-7-9(21-15(16,17)18)5-6-12(11)19-14(13)20/h5-8,10,13H,2-4H2,1H3,(H,19,20). The molecule has 0 bridgehead atoms. The first kappa shape index (κ1) is 14.2. The van der Waals surface area contributed by atoms with Crippen LogP contribution in [0.25, 0.3) is 0 Å². The van der Waals surface area contributed by atoms with Crippen LogP contribution < -0.4 is 10.1 Å². The zero-order valence-electron chi connectivity index (χ0n) is 11.5. The van der Waals surface area contributed by atoms with Gasteiger partial charge in [0.05, 0.1) is 5.92 Å². The number of hydrogen-bond donors (Lipinski definition) is 1. The Hall–Kier alpha value is -1.72. The van der Waals surface area contributed by atoms with Crippen molar-refractivity contribution >= 4 is 11.6 Å². The number of benzene rings is 1. The molecule has 1 N–H and O–H groups in total. The minimum absolute atomic E-state index is 0.118. The second-order valence-corrected chi connectivity index (χ2v) is 5.84. The predicted octanol–water partition coefficient (Wildman–Crippen LogP) is 4.06. The molecule has 1 amide bonds. The lowest BCUT2D eigenvalue weighted by Crippen LogP contribution is -2.22. The van der Waals surface area contributed by atoms with E-state index in [1.54, 1.807) is 0 Å². The molecule has 2 aliphatic rings. The third-order valence-corrected chi connectivity index (χ3v) is 4.49. The molecule has 3 unspecified atom stereocenters. The molecule has 3 atom stereocenters. The highest BCUT2D eigenvalue weighted by Crippen LogP contribution is 2.47. The third-order valence-electron chi connectivity index (χ3n) is 4.49.